The van der Waals surface area contributed by atoms with Gasteiger partial charge in [-0.05, 0) is 88.4 Å². The molecule has 34 heavy (non-hydrogen) atoms. The number of aryl methyl sites for hydroxylation is 2. The topological polar surface area (TPSA) is 84.5 Å². The van der Waals surface area contributed by atoms with Crippen LogP contribution in [0.25, 0.3) is 6.08 Å². The molecule has 7 heteroatoms. The van der Waals surface area contributed by atoms with Gasteiger partial charge in [0, 0.05) is 22.0 Å². The van der Waals surface area contributed by atoms with Crippen molar-refractivity contribution in [2.75, 3.05) is 11.9 Å². The third kappa shape index (κ3) is 9.31. The molecule has 2 rings (SSSR count). The van der Waals surface area contributed by atoms with Crippen LogP contribution in [-0.4, -0.2) is 26.5 Å². The highest BCUT2D eigenvalue weighted by molar-refractivity contribution is 7.92. The molecular weight excluding hydrogens is 448 g/mol. The zero-order chi connectivity index (χ0) is 25.6. The van der Waals surface area contributed by atoms with Crippen LogP contribution in [0.1, 0.15) is 64.2 Å². The summed E-state index contributed by atoms with van der Waals surface area (Å²) in [4.78, 5) is 12.8. The number of carbonyl (C=O) groups excluding carboxylic acids is 1. The Morgan fingerprint density at radius 3 is 2.26 bits per heavy atom. The lowest BCUT2D eigenvalue weighted by molar-refractivity contribution is -0.124. The first kappa shape index (κ1) is 27.6. The standard InChI is InChI=1S/C27H38N2O4S/c1-20-9-10-21(2)24(19-20)33-17-8-16-27(6,7)25(30)28-23-13-11-22(12-14-23)15-18-34(31,32)29-26(3,4)5/h9-15,18-19,29H,8,16-17H2,1-7H3,(H,28,30). The molecule has 0 saturated heterocycles. The van der Waals surface area contributed by atoms with Crippen LogP contribution in [0.5, 0.6) is 5.75 Å². The van der Waals surface area contributed by atoms with Crippen molar-refractivity contribution in [2.45, 2.75) is 66.8 Å². The quantitative estimate of drug-likeness (QED) is 0.415. The molecule has 2 aromatic rings. The van der Waals surface area contributed by atoms with Crippen molar-refractivity contribution in [2.24, 2.45) is 5.41 Å². The fourth-order valence-corrected chi connectivity index (χ4v) is 4.54. The number of rotatable bonds is 10. The Kier molecular flexibility index (Phi) is 9.08. The van der Waals surface area contributed by atoms with E-state index in [1.165, 1.54) is 6.08 Å². The largest absolute Gasteiger partial charge is 0.493 e. The molecule has 0 aromatic heterocycles. The first-order valence-corrected chi connectivity index (χ1v) is 13.1. The minimum atomic E-state index is -3.53. The number of hydrogen-bond donors (Lipinski definition) is 2. The van der Waals surface area contributed by atoms with Gasteiger partial charge in [0.2, 0.25) is 15.9 Å². The summed E-state index contributed by atoms with van der Waals surface area (Å²) in [5.41, 5.74) is 2.54. The number of hydrogen-bond acceptors (Lipinski definition) is 4. The molecule has 0 radical (unpaired) electrons. The van der Waals surface area contributed by atoms with E-state index < -0.39 is 21.0 Å². The Morgan fingerprint density at radius 2 is 1.65 bits per heavy atom. The molecule has 0 aliphatic rings. The average molecular weight is 487 g/mol. The van der Waals surface area contributed by atoms with E-state index in [0.717, 1.165) is 34.3 Å². The van der Waals surface area contributed by atoms with Gasteiger partial charge in [-0.3, -0.25) is 4.79 Å². The fourth-order valence-electron chi connectivity index (χ4n) is 3.28. The molecular formula is C27H38N2O4S. The van der Waals surface area contributed by atoms with Gasteiger partial charge >= 0.3 is 0 Å². The third-order valence-corrected chi connectivity index (χ3v) is 6.61. The van der Waals surface area contributed by atoms with E-state index in [1.807, 2.05) is 39.8 Å². The summed E-state index contributed by atoms with van der Waals surface area (Å²) in [7, 11) is -3.53. The van der Waals surface area contributed by atoms with Crippen LogP contribution in [0.15, 0.2) is 47.9 Å². The monoisotopic (exact) mass is 486 g/mol. The highest BCUT2D eigenvalue weighted by Crippen LogP contribution is 2.26. The second kappa shape index (κ2) is 11.2. The van der Waals surface area contributed by atoms with Gasteiger partial charge in [0.1, 0.15) is 5.75 Å². The van der Waals surface area contributed by atoms with Gasteiger partial charge in [-0.15, -0.1) is 0 Å². The summed E-state index contributed by atoms with van der Waals surface area (Å²) in [6, 6.07) is 13.2. The minimum Gasteiger partial charge on any atom is -0.493 e. The van der Waals surface area contributed by atoms with Gasteiger partial charge < -0.3 is 10.1 Å². The van der Waals surface area contributed by atoms with Crippen molar-refractivity contribution in [3.63, 3.8) is 0 Å². The molecule has 0 unspecified atom stereocenters. The van der Waals surface area contributed by atoms with E-state index in [2.05, 4.69) is 16.1 Å². The molecule has 0 aliphatic carbocycles. The SMILES string of the molecule is Cc1ccc(C)c(OCCCC(C)(C)C(=O)Nc2ccc(C=CS(=O)(=O)NC(C)(C)C)cc2)c1. The number of anilines is 1. The second-order valence-corrected chi connectivity index (χ2v) is 11.9. The molecule has 2 N–H and O–H groups in total. The summed E-state index contributed by atoms with van der Waals surface area (Å²) in [5, 5.41) is 4.10. The molecule has 186 valence electrons. The van der Waals surface area contributed by atoms with Gasteiger partial charge in [-0.1, -0.05) is 38.1 Å². The lowest BCUT2D eigenvalue weighted by atomic mass is 9.87. The normalized spacial score (nSPS) is 12.7. The first-order chi connectivity index (χ1) is 15.7. The maximum atomic E-state index is 12.8. The molecule has 0 atom stereocenters. The van der Waals surface area contributed by atoms with Gasteiger partial charge in [0.25, 0.3) is 0 Å². The molecule has 1 amide bonds. The van der Waals surface area contributed by atoms with Crippen molar-refractivity contribution in [3.05, 3.63) is 64.6 Å². The highest BCUT2D eigenvalue weighted by atomic mass is 32.2. The number of benzene rings is 2. The van der Waals surface area contributed by atoms with Crippen LogP contribution in [-0.2, 0) is 14.8 Å². The van der Waals surface area contributed by atoms with E-state index in [-0.39, 0.29) is 5.91 Å². The maximum absolute atomic E-state index is 12.8. The number of amides is 1. The van der Waals surface area contributed by atoms with E-state index in [1.54, 1.807) is 45.0 Å². The summed E-state index contributed by atoms with van der Waals surface area (Å²) in [5.74, 6) is 0.817. The number of ether oxygens (including phenoxy) is 1. The summed E-state index contributed by atoms with van der Waals surface area (Å²) in [6.45, 7) is 13.8. The van der Waals surface area contributed by atoms with Gasteiger partial charge in [-0.25, -0.2) is 13.1 Å². The van der Waals surface area contributed by atoms with Crippen LogP contribution in [0, 0.1) is 19.3 Å². The van der Waals surface area contributed by atoms with Crippen LogP contribution >= 0.6 is 0 Å². The maximum Gasteiger partial charge on any atom is 0.234 e. The number of carbonyl (C=O) groups is 1. The lowest BCUT2D eigenvalue weighted by Gasteiger charge is -2.23. The Labute approximate surface area is 204 Å². The lowest BCUT2D eigenvalue weighted by Crippen LogP contribution is -2.39. The van der Waals surface area contributed by atoms with Crippen LogP contribution < -0.4 is 14.8 Å². The Morgan fingerprint density at radius 1 is 1.00 bits per heavy atom. The molecule has 0 heterocycles. The first-order valence-electron chi connectivity index (χ1n) is 11.5. The van der Waals surface area contributed by atoms with Crippen LogP contribution in [0.3, 0.4) is 0 Å². The van der Waals surface area contributed by atoms with Crippen molar-refractivity contribution >= 4 is 27.7 Å². The van der Waals surface area contributed by atoms with Crippen molar-refractivity contribution < 1.29 is 17.9 Å². The molecule has 0 bridgehead atoms. The Balaban J connectivity index is 1.87. The molecule has 0 spiro atoms. The molecule has 0 fully saturated rings. The molecule has 2 aromatic carbocycles. The number of nitrogens with one attached hydrogen (secondary N) is 2. The zero-order valence-corrected chi connectivity index (χ0v) is 22.2. The van der Waals surface area contributed by atoms with Gasteiger partial charge in [0.15, 0.2) is 0 Å². The predicted molar refractivity (Wildman–Crippen MR) is 140 cm³/mol. The van der Waals surface area contributed by atoms with E-state index >= 15 is 0 Å². The van der Waals surface area contributed by atoms with Gasteiger partial charge in [0.05, 0.1) is 6.61 Å². The molecule has 0 saturated carbocycles. The van der Waals surface area contributed by atoms with Gasteiger partial charge in [-0.2, -0.15) is 0 Å². The summed E-state index contributed by atoms with van der Waals surface area (Å²) >= 11 is 0. The van der Waals surface area contributed by atoms with E-state index in [0.29, 0.717) is 18.7 Å². The van der Waals surface area contributed by atoms with E-state index in [9.17, 15) is 13.2 Å². The molecule has 6 nitrogen and oxygen atoms in total. The van der Waals surface area contributed by atoms with Crippen LogP contribution in [0.2, 0.25) is 0 Å². The summed E-state index contributed by atoms with van der Waals surface area (Å²) in [6.07, 6.45) is 2.97. The minimum absolute atomic E-state index is 0.0699. The second-order valence-electron chi connectivity index (χ2n) is 10.4. The van der Waals surface area contributed by atoms with Crippen LogP contribution in [0.4, 0.5) is 5.69 Å². The van der Waals surface area contributed by atoms with Crippen molar-refractivity contribution in [1.29, 1.82) is 0 Å². The Hall–Kier alpha value is -2.64. The average Bonchev–Trinajstić information content (AvgIpc) is 2.71. The molecule has 0 aliphatic heterocycles. The fraction of sp³-hybridized carbons (Fsp3) is 0.444. The van der Waals surface area contributed by atoms with E-state index in [4.69, 9.17) is 4.74 Å². The van der Waals surface area contributed by atoms with Crippen molar-refractivity contribution in [3.8, 4) is 5.75 Å². The van der Waals surface area contributed by atoms with Crippen molar-refractivity contribution in [1.82, 2.24) is 4.72 Å². The smallest absolute Gasteiger partial charge is 0.234 e. The highest BCUT2D eigenvalue weighted by Gasteiger charge is 2.27. The summed E-state index contributed by atoms with van der Waals surface area (Å²) < 4.78 is 32.7. The zero-order valence-electron chi connectivity index (χ0n) is 21.4. The number of sulfonamides is 1. The predicted octanol–water partition coefficient (Wildman–Crippen LogP) is 5.82. The Bertz CT molecular complexity index is 1110. The third-order valence-electron chi connectivity index (χ3n) is 5.22.